The van der Waals surface area contributed by atoms with Gasteiger partial charge in [-0.2, -0.15) is 0 Å². The zero-order valence-electron chi connectivity index (χ0n) is 10.2. The van der Waals surface area contributed by atoms with Gasteiger partial charge in [0.25, 0.3) is 0 Å². The molecule has 0 saturated heterocycles. The maximum absolute atomic E-state index is 13.7. The van der Waals surface area contributed by atoms with Crippen LogP contribution in [0.15, 0.2) is 47.4 Å². The molecule has 2 nitrogen and oxygen atoms in total. The first kappa shape index (κ1) is 12.4. The Kier molecular flexibility index (Phi) is 3.16. The number of H-pyrrole nitrogens is 1. The number of nitrogens with one attached hydrogen (secondary N) is 1. The van der Waals surface area contributed by atoms with E-state index in [0.29, 0.717) is 10.3 Å². The third-order valence-corrected chi connectivity index (χ3v) is 3.99. The second-order valence-electron chi connectivity index (χ2n) is 4.10. The van der Waals surface area contributed by atoms with Crippen molar-refractivity contribution in [2.75, 3.05) is 6.26 Å². The molecule has 0 fully saturated rings. The number of halogens is 1. The van der Waals surface area contributed by atoms with E-state index >= 15 is 0 Å². The number of rotatable bonds is 2. The molecule has 0 aliphatic heterocycles. The predicted molar refractivity (Wildman–Crippen MR) is 80.2 cm³/mol. The van der Waals surface area contributed by atoms with Crippen molar-refractivity contribution >= 4 is 35.0 Å². The van der Waals surface area contributed by atoms with Crippen LogP contribution in [0.1, 0.15) is 0 Å². The van der Waals surface area contributed by atoms with E-state index in [0.717, 1.165) is 16.1 Å². The van der Waals surface area contributed by atoms with Crippen molar-refractivity contribution in [3.8, 4) is 5.69 Å². The minimum atomic E-state index is -0.289. The molecule has 0 saturated carbocycles. The normalized spacial score (nSPS) is 11.1. The van der Waals surface area contributed by atoms with Crippen molar-refractivity contribution in [3.63, 3.8) is 0 Å². The van der Waals surface area contributed by atoms with Crippen molar-refractivity contribution in [3.05, 3.63) is 53.1 Å². The van der Waals surface area contributed by atoms with Crippen LogP contribution in [-0.4, -0.2) is 15.8 Å². The molecule has 0 aliphatic carbocycles. The van der Waals surface area contributed by atoms with Crippen LogP contribution in [0.25, 0.3) is 16.7 Å². The van der Waals surface area contributed by atoms with Gasteiger partial charge in [-0.25, -0.2) is 4.39 Å². The van der Waals surface area contributed by atoms with Crippen molar-refractivity contribution in [2.45, 2.75) is 4.90 Å². The standard InChI is InChI=1S/C14H11FN2S2/c1-19-10-5-2-4-9(8-10)17-12-7-3-6-11(15)13(12)16-14(17)18/h2-8H,1H3,(H,16,18). The highest BCUT2D eigenvalue weighted by atomic mass is 32.2. The molecule has 0 bridgehead atoms. The van der Waals surface area contributed by atoms with Crippen LogP contribution in [0.5, 0.6) is 0 Å². The van der Waals surface area contributed by atoms with Crippen LogP contribution < -0.4 is 0 Å². The summed E-state index contributed by atoms with van der Waals surface area (Å²) in [5.41, 5.74) is 2.14. The monoisotopic (exact) mass is 290 g/mol. The van der Waals surface area contributed by atoms with Crippen LogP contribution in [0.4, 0.5) is 4.39 Å². The van der Waals surface area contributed by atoms with Crippen LogP contribution >= 0.6 is 24.0 Å². The third-order valence-electron chi connectivity index (χ3n) is 2.98. The number of thioether (sulfide) groups is 1. The maximum Gasteiger partial charge on any atom is 0.182 e. The fourth-order valence-corrected chi connectivity index (χ4v) is 2.86. The lowest BCUT2D eigenvalue weighted by Gasteiger charge is -2.06. The number of aromatic nitrogens is 2. The zero-order valence-corrected chi connectivity index (χ0v) is 11.8. The lowest BCUT2D eigenvalue weighted by atomic mass is 10.2. The number of aromatic amines is 1. The van der Waals surface area contributed by atoms with Crippen molar-refractivity contribution in [2.24, 2.45) is 0 Å². The molecule has 0 atom stereocenters. The summed E-state index contributed by atoms with van der Waals surface area (Å²) in [5.74, 6) is -0.289. The van der Waals surface area contributed by atoms with E-state index in [-0.39, 0.29) is 5.82 Å². The largest absolute Gasteiger partial charge is 0.328 e. The lowest BCUT2D eigenvalue weighted by Crippen LogP contribution is -1.94. The molecule has 1 heterocycles. The van der Waals surface area contributed by atoms with Crippen molar-refractivity contribution < 1.29 is 4.39 Å². The summed E-state index contributed by atoms with van der Waals surface area (Å²) in [7, 11) is 0. The second kappa shape index (κ2) is 4.83. The predicted octanol–water partition coefficient (Wildman–Crippen LogP) is 4.55. The number of nitrogens with zero attached hydrogens (tertiary/aromatic N) is 1. The molecular formula is C14H11FN2S2. The number of benzene rings is 2. The first-order valence-corrected chi connectivity index (χ1v) is 7.37. The minimum absolute atomic E-state index is 0.289. The van der Waals surface area contributed by atoms with Gasteiger partial charge in [0.2, 0.25) is 0 Å². The van der Waals surface area contributed by atoms with Gasteiger partial charge >= 0.3 is 0 Å². The Morgan fingerprint density at radius 2 is 2.00 bits per heavy atom. The highest BCUT2D eigenvalue weighted by Crippen LogP contribution is 2.24. The summed E-state index contributed by atoms with van der Waals surface area (Å²) >= 11 is 6.97. The fourth-order valence-electron chi connectivity index (χ4n) is 2.10. The maximum atomic E-state index is 13.7. The SMILES string of the molecule is CSc1cccc(-n2c(=S)[nH]c3c(F)cccc32)c1. The van der Waals surface area contributed by atoms with Gasteiger partial charge in [0.1, 0.15) is 11.3 Å². The van der Waals surface area contributed by atoms with Gasteiger partial charge in [0.15, 0.2) is 4.77 Å². The van der Waals surface area contributed by atoms with Gasteiger partial charge < -0.3 is 4.98 Å². The molecule has 1 N–H and O–H groups in total. The lowest BCUT2D eigenvalue weighted by molar-refractivity contribution is 0.637. The molecule has 2 aromatic carbocycles. The fraction of sp³-hybridized carbons (Fsp3) is 0.0714. The number of fused-ring (bicyclic) bond motifs is 1. The molecule has 3 aromatic rings. The van der Waals surface area contributed by atoms with Gasteiger partial charge in [0, 0.05) is 10.6 Å². The van der Waals surface area contributed by atoms with Gasteiger partial charge in [-0.15, -0.1) is 11.8 Å². The molecule has 0 unspecified atom stereocenters. The Labute approximate surface area is 119 Å². The molecule has 0 amide bonds. The third kappa shape index (κ3) is 2.09. The number of imidazole rings is 1. The minimum Gasteiger partial charge on any atom is -0.328 e. The molecule has 0 radical (unpaired) electrons. The first-order valence-electron chi connectivity index (χ1n) is 5.74. The Morgan fingerprint density at radius 3 is 2.79 bits per heavy atom. The van der Waals surface area contributed by atoms with E-state index in [9.17, 15) is 4.39 Å². The topological polar surface area (TPSA) is 20.7 Å². The van der Waals surface area contributed by atoms with E-state index in [4.69, 9.17) is 12.2 Å². The van der Waals surface area contributed by atoms with Crippen molar-refractivity contribution in [1.82, 2.24) is 9.55 Å². The smallest absolute Gasteiger partial charge is 0.182 e. The van der Waals surface area contributed by atoms with Gasteiger partial charge in [-0.1, -0.05) is 12.1 Å². The van der Waals surface area contributed by atoms with Crippen LogP contribution in [0.3, 0.4) is 0 Å². The molecule has 0 spiro atoms. The summed E-state index contributed by atoms with van der Waals surface area (Å²) in [6, 6.07) is 13.0. The van der Waals surface area contributed by atoms with E-state index < -0.39 is 0 Å². The van der Waals surface area contributed by atoms with Gasteiger partial charge in [-0.3, -0.25) is 4.57 Å². The van der Waals surface area contributed by atoms with E-state index in [2.05, 4.69) is 4.98 Å². The molecule has 96 valence electrons. The molecular weight excluding hydrogens is 279 g/mol. The first-order chi connectivity index (χ1) is 9.20. The Hall–Kier alpha value is -1.59. The molecule has 1 aromatic heterocycles. The summed E-state index contributed by atoms with van der Waals surface area (Å²) in [4.78, 5) is 4.07. The zero-order chi connectivity index (χ0) is 13.4. The highest BCUT2D eigenvalue weighted by Gasteiger charge is 2.09. The van der Waals surface area contributed by atoms with E-state index in [1.165, 1.54) is 6.07 Å². The summed E-state index contributed by atoms with van der Waals surface area (Å²) < 4.78 is 16.1. The van der Waals surface area contributed by atoms with E-state index in [1.807, 2.05) is 41.2 Å². The van der Waals surface area contributed by atoms with Crippen LogP contribution in [-0.2, 0) is 0 Å². The van der Waals surface area contributed by atoms with Crippen molar-refractivity contribution in [1.29, 1.82) is 0 Å². The number of para-hydroxylation sites is 1. The second-order valence-corrected chi connectivity index (χ2v) is 5.37. The van der Waals surface area contributed by atoms with Crippen LogP contribution in [0.2, 0.25) is 0 Å². The molecule has 19 heavy (non-hydrogen) atoms. The highest BCUT2D eigenvalue weighted by molar-refractivity contribution is 7.98. The molecule has 3 rings (SSSR count). The van der Waals surface area contributed by atoms with Gasteiger partial charge in [-0.05, 0) is 48.8 Å². The Balaban J connectivity index is 2.33. The average Bonchev–Trinajstić information content (AvgIpc) is 2.77. The van der Waals surface area contributed by atoms with Crippen LogP contribution in [0, 0.1) is 10.6 Å². The molecule has 5 heteroatoms. The van der Waals surface area contributed by atoms with E-state index in [1.54, 1.807) is 17.8 Å². The number of hydrogen-bond acceptors (Lipinski definition) is 2. The Bertz CT molecular complexity index is 805. The summed E-state index contributed by atoms with van der Waals surface area (Å²) in [5, 5.41) is 0. The molecule has 0 aliphatic rings. The summed E-state index contributed by atoms with van der Waals surface area (Å²) in [6.45, 7) is 0. The summed E-state index contributed by atoms with van der Waals surface area (Å²) in [6.07, 6.45) is 2.02. The quantitative estimate of drug-likeness (QED) is 0.552. The van der Waals surface area contributed by atoms with Gasteiger partial charge in [0.05, 0.1) is 5.52 Å². The number of hydrogen-bond donors (Lipinski definition) is 1. The Morgan fingerprint density at radius 1 is 1.21 bits per heavy atom. The average molecular weight is 290 g/mol.